The van der Waals surface area contributed by atoms with E-state index >= 15 is 0 Å². The largest absolute Gasteiger partial charge is 0.493 e. The number of nitrogens with two attached hydrogens (primary N) is 1. The molecule has 2 N–H and O–H groups in total. The van der Waals surface area contributed by atoms with Gasteiger partial charge in [-0.3, -0.25) is 4.79 Å². The van der Waals surface area contributed by atoms with E-state index in [9.17, 15) is 4.79 Å². The smallest absolute Gasteiger partial charge is 0.260 e. The van der Waals surface area contributed by atoms with Crippen molar-refractivity contribution < 1.29 is 23.7 Å². The lowest BCUT2D eigenvalue weighted by molar-refractivity contribution is -0.137. The van der Waals surface area contributed by atoms with Crippen molar-refractivity contribution in [1.82, 2.24) is 14.9 Å². The van der Waals surface area contributed by atoms with Gasteiger partial charge in [0, 0.05) is 30.1 Å². The predicted molar refractivity (Wildman–Crippen MR) is 162 cm³/mol. The van der Waals surface area contributed by atoms with Gasteiger partial charge in [0.1, 0.15) is 5.82 Å². The van der Waals surface area contributed by atoms with Crippen LogP contribution in [0.4, 0.5) is 11.8 Å². The number of piperazine rings is 1. The van der Waals surface area contributed by atoms with Crippen LogP contribution in [-0.2, 0) is 4.79 Å². The number of ether oxygens (including phenoxy) is 4. The number of nitrogens with zero attached hydrogens (tertiary/aromatic N) is 4. The molecular weight excluding hydrogens is 546 g/mol. The van der Waals surface area contributed by atoms with Crippen LogP contribution in [0.15, 0.2) is 30.3 Å². The average molecular weight is 586 g/mol. The zero-order chi connectivity index (χ0) is 28.4. The number of benzene rings is 2. The van der Waals surface area contributed by atoms with E-state index in [1.165, 1.54) is 0 Å². The van der Waals surface area contributed by atoms with E-state index < -0.39 is 0 Å². The number of hydrogen-bond acceptors (Lipinski definition) is 9. The van der Waals surface area contributed by atoms with E-state index in [1.807, 2.05) is 29.2 Å². The summed E-state index contributed by atoms with van der Waals surface area (Å²) in [6, 6.07) is 9.61. The van der Waals surface area contributed by atoms with Crippen molar-refractivity contribution in [3.8, 4) is 23.0 Å². The second-order valence-electron chi connectivity index (χ2n) is 10.7. The van der Waals surface area contributed by atoms with Gasteiger partial charge in [0.15, 0.2) is 29.6 Å². The molecular formula is C30H40ClN5O5. The molecule has 10 nitrogen and oxygen atoms in total. The number of amides is 1. The fraction of sp³-hybridized carbons (Fsp3) is 0.500. The maximum Gasteiger partial charge on any atom is 0.260 e. The molecule has 1 saturated heterocycles. The number of halogens is 1. The van der Waals surface area contributed by atoms with Gasteiger partial charge < -0.3 is 34.5 Å². The van der Waals surface area contributed by atoms with Crippen molar-refractivity contribution in [2.45, 2.75) is 57.5 Å². The van der Waals surface area contributed by atoms with Crippen LogP contribution in [0, 0.1) is 0 Å². The third-order valence-corrected chi connectivity index (χ3v) is 8.06. The van der Waals surface area contributed by atoms with Gasteiger partial charge >= 0.3 is 0 Å². The molecule has 2 heterocycles. The quantitative estimate of drug-likeness (QED) is 0.397. The number of carbonyl (C=O) groups is 1. The molecule has 0 unspecified atom stereocenters. The van der Waals surface area contributed by atoms with Crippen LogP contribution >= 0.6 is 12.4 Å². The highest BCUT2D eigenvalue weighted by Gasteiger charge is 2.41. The lowest BCUT2D eigenvalue weighted by Gasteiger charge is -2.49. The standard InChI is InChI=1S/C30H39N5O5.ClH/c1-18(2)19-9-8-12-24(37-3)28(19)40-17-27(36)34-13-14-35(23-11-7-6-10-22(23)34)30-32-21-16-26(39-5)25(38-4)15-20(21)29(31)33-30;/h8-9,12,15-16,18,22-23H,6-7,10-11,13-14,17H2,1-5H3,(H2,31,32,33);1H/t22-,23+;/m1./s1. The molecule has 2 aliphatic rings. The molecule has 1 saturated carbocycles. The Labute approximate surface area is 247 Å². The van der Waals surface area contributed by atoms with Crippen LogP contribution in [0.5, 0.6) is 23.0 Å². The highest BCUT2D eigenvalue weighted by molar-refractivity contribution is 5.92. The topological polar surface area (TPSA) is 112 Å². The van der Waals surface area contributed by atoms with Gasteiger partial charge in [0.25, 0.3) is 5.91 Å². The van der Waals surface area contributed by atoms with Crippen LogP contribution in [-0.4, -0.2) is 73.9 Å². The molecule has 5 rings (SSSR count). The molecule has 222 valence electrons. The van der Waals surface area contributed by atoms with Gasteiger partial charge in [-0.05, 0) is 30.9 Å². The SMILES string of the molecule is COc1cc2nc(N3CCN(C(=O)COc4c(OC)cccc4C(C)C)[C@@H]4CCCC[C@@H]43)nc(N)c2cc1OC.Cl. The number of hydrogen-bond donors (Lipinski definition) is 1. The van der Waals surface area contributed by atoms with Gasteiger partial charge in [0.05, 0.1) is 38.9 Å². The van der Waals surface area contributed by atoms with Crippen molar-refractivity contribution in [1.29, 1.82) is 0 Å². The van der Waals surface area contributed by atoms with E-state index in [4.69, 9.17) is 34.6 Å². The lowest BCUT2D eigenvalue weighted by atomic mass is 9.86. The molecule has 1 aromatic heterocycles. The number of fused-ring (bicyclic) bond motifs is 2. The van der Waals surface area contributed by atoms with Crippen LogP contribution in [0.1, 0.15) is 51.0 Å². The Morgan fingerprint density at radius 2 is 1.66 bits per heavy atom. The monoisotopic (exact) mass is 585 g/mol. The Balaban J connectivity index is 0.00000387. The number of methoxy groups -OCH3 is 3. The summed E-state index contributed by atoms with van der Waals surface area (Å²) in [5.74, 6) is 3.62. The minimum absolute atomic E-state index is 0. The molecule has 2 aromatic carbocycles. The molecule has 0 radical (unpaired) electrons. The van der Waals surface area contributed by atoms with Crippen molar-refractivity contribution in [3.05, 3.63) is 35.9 Å². The first-order chi connectivity index (χ1) is 19.4. The summed E-state index contributed by atoms with van der Waals surface area (Å²) in [5.41, 5.74) is 8.12. The van der Waals surface area contributed by atoms with Crippen molar-refractivity contribution in [2.24, 2.45) is 0 Å². The Morgan fingerprint density at radius 1 is 0.976 bits per heavy atom. The summed E-state index contributed by atoms with van der Waals surface area (Å²) in [5, 5.41) is 0.713. The third-order valence-electron chi connectivity index (χ3n) is 8.06. The summed E-state index contributed by atoms with van der Waals surface area (Å²) in [4.78, 5) is 27.4. The molecule has 2 atom stereocenters. The van der Waals surface area contributed by atoms with E-state index in [2.05, 4.69) is 18.7 Å². The highest BCUT2D eigenvalue weighted by Crippen LogP contribution is 2.38. The molecule has 0 bridgehead atoms. The molecule has 1 aliphatic heterocycles. The lowest BCUT2D eigenvalue weighted by Crippen LogP contribution is -2.63. The molecule has 0 spiro atoms. The summed E-state index contributed by atoms with van der Waals surface area (Å²) in [7, 11) is 4.80. The number of anilines is 2. The minimum Gasteiger partial charge on any atom is -0.493 e. The van der Waals surface area contributed by atoms with Gasteiger partial charge in [-0.15, -0.1) is 12.4 Å². The van der Waals surface area contributed by atoms with E-state index in [0.717, 1.165) is 31.2 Å². The average Bonchev–Trinajstić information content (AvgIpc) is 2.98. The van der Waals surface area contributed by atoms with Crippen LogP contribution in [0.3, 0.4) is 0 Å². The Hall–Kier alpha value is -3.66. The molecule has 1 aliphatic carbocycles. The summed E-state index contributed by atoms with van der Waals surface area (Å²) >= 11 is 0. The zero-order valence-corrected chi connectivity index (χ0v) is 25.2. The summed E-state index contributed by atoms with van der Waals surface area (Å²) in [6.07, 6.45) is 4.03. The summed E-state index contributed by atoms with van der Waals surface area (Å²) in [6.45, 7) is 5.33. The number of para-hydroxylation sites is 1. The molecule has 2 fully saturated rings. The van der Waals surface area contributed by atoms with E-state index in [0.29, 0.717) is 58.8 Å². The first kappa shape index (κ1) is 30.3. The van der Waals surface area contributed by atoms with E-state index in [-0.39, 0.29) is 42.9 Å². The molecule has 3 aromatic rings. The highest BCUT2D eigenvalue weighted by atomic mass is 35.5. The fourth-order valence-electron chi connectivity index (χ4n) is 6.04. The predicted octanol–water partition coefficient (Wildman–Crippen LogP) is 4.82. The van der Waals surface area contributed by atoms with Gasteiger partial charge in [-0.1, -0.05) is 38.8 Å². The van der Waals surface area contributed by atoms with Crippen molar-refractivity contribution in [2.75, 3.05) is 51.7 Å². The van der Waals surface area contributed by atoms with Gasteiger partial charge in [0.2, 0.25) is 5.95 Å². The Morgan fingerprint density at radius 3 is 2.34 bits per heavy atom. The molecule has 41 heavy (non-hydrogen) atoms. The molecule has 11 heteroatoms. The molecule has 1 amide bonds. The number of rotatable bonds is 8. The van der Waals surface area contributed by atoms with E-state index in [1.54, 1.807) is 27.4 Å². The van der Waals surface area contributed by atoms with Gasteiger partial charge in [-0.2, -0.15) is 4.98 Å². The van der Waals surface area contributed by atoms with Gasteiger partial charge in [-0.25, -0.2) is 4.98 Å². The van der Waals surface area contributed by atoms with Crippen LogP contribution in [0.2, 0.25) is 0 Å². The zero-order valence-electron chi connectivity index (χ0n) is 24.4. The third kappa shape index (κ3) is 5.88. The van der Waals surface area contributed by atoms with Crippen LogP contribution in [0.25, 0.3) is 10.9 Å². The summed E-state index contributed by atoms with van der Waals surface area (Å²) < 4.78 is 22.6. The maximum atomic E-state index is 13.6. The first-order valence-electron chi connectivity index (χ1n) is 13.9. The second-order valence-corrected chi connectivity index (χ2v) is 10.7. The van der Waals surface area contributed by atoms with Crippen molar-refractivity contribution >= 4 is 41.0 Å². The Bertz CT molecular complexity index is 1390. The number of aromatic nitrogens is 2. The normalized spacial score (nSPS) is 18.5. The maximum absolute atomic E-state index is 13.6. The minimum atomic E-state index is -0.0373. The number of carbonyl (C=O) groups excluding carboxylic acids is 1. The number of nitrogen functional groups attached to an aromatic ring is 1. The fourth-order valence-corrected chi connectivity index (χ4v) is 6.04. The second kappa shape index (κ2) is 12.9. The first-order valence-corrected chi connectivity index (χ1v) is 13.9. The van der Waals surface area contributed by atoms with Crippen LogP contribution < -0.4 is 29.6 Å². The Kier molecular flexibility index (Phi) is 9.53. The van der Waals surface area contributed by atoms with Crippen molar-refractivity contribution in [3.63, 3.8) is 0 Å².